The first-order valence-electron chi connectivity index (χ1n) is 5.92. The van der Waals surface area contributed by atoms with Gasteiger partial charge in [-0.1, -0.05) is 12.1 Å². The fourth-order valence-electron chi connectivity index (χ4n) is 1.61. The number of ether oxygens (including phenoxy) is 1. The minimum absolute atomic E-state index is 0.0479. The van der Waals surface area contributed by atoms with Gasteiger partial charge in [0.15, 0.2) is 6.61 Å². The Hall–Kier alpha value is -2.83. The zero-order valence-electron chi connectivity index (χ0n) is 11.0. The van der Waals surface area contributed by atoms with Crippen LogP contribution in [0.15, 0.2) is 30.5 Å². The number of rotatable bonds is 4. The predicted octanol–water partition coefficient (Wildman–Crippen LogP) is 0.433. The lowest BCUT2D eigenvalue weighted by Gasteiger charge is -2.08. The Bertz CT molecular complexity index is 630. The zero-order chi connectivity index (χ0) is 14.5. The normalized spacial score (nSPS) is 10.1. The Labute approximate surface area is 116 Å². The maximum Gasteiger partial charge on any atom is 0.257 e. The molecule has 0 unspecified atom stereocenters. The molecule has 0 fully saturated rings. The van der Waals surface area contributed by atoms with Crippen LogP contribution in [0.1, 0.15) is 0 Å². The van der Waals surface area contributed by atoms with Crippen molar-refractivity contribution in [2.75, 3.05) is 25.1 Å². The second kappa shape index (κ2) is 5.87. The average Bonchev–Trinajstić information content (AvgIpc) is 2.45. The van der Waals surface area contributed by atoms with Crippen LogP contribution in [0.5, 0.6) is 5.75 Å². The highest BCUT2D eigenvalue weighted by Crippen LogP contribution is 2.27. The topological polar surface area (TPSA) is 116 Å². The summed E-state index contributed by atoms with van der Waals surface area (Å²) in [6, 6.07) is 7.15. The monoisotopic (exact) mass is 273 g/mol. The number of benzene rings is 1. The van der Waals surface area contributed by atoms with Crippen molar-refractivity contribution >= 4 is 17.7 Å². The first-order valence-corrected chi connectivity index (χ1v) is 5.92. The molecule has 7 nitrogen and oxygen atoms in total. The molecule has 2 rings (SSSR count). The number of hydrogen-bond donors (Lipinski definition) is 3. The van der Waals surface area contributed by atoms with Gasteiger partial charge in [-0.05, 0) is 17.7 Å². The van der Waals surface area contributed by atoms with E-state index in [0.717, 1.165) is 5.56 Å². The molecule has 5 N–H and O–H groups in total. The van der Waals surface area contributed by atoms with Gasteiger partial charge in [0.2, 0.25) is 5.95 Å². The highest BCUT2D eigenvalue weighted by molar-refractivity contribution is 5.77. The summed E-state index contributed by atoms with van der Waals surface area (Å²) in [7, 11) is 1.55. The third-order valence-corrected chi connectivity index (χ3v) is 2.63. The zero-order valence-corrected chi connectivity index (χ0v) is 11.0. The summed E-state index contributed by atoms with van der Waals surface area (Å²) < 4.78 is 5.37. The number of nitrogen functional groups attached to an aromatic ring is 2. The Morgan fingerprint density at radius 2 is 2.20 bits per heavy atom. The van der Waals surface area contributed by atoms with E-state index < -0.39 is 0 Å². The van der Waals surface area contributed by atoms with Gasteiger partial charge in [-0.25, -0.2) is 4.98 Å². The molecule has 0 radical (unpaired) electrons. The number of hydrogen-bond acceptors (Lipinski definition) is 6. The molecule has 2 aromatic rings. The lowest BCUT2D eigenvalue weighted by molar-refractivity contribution is -0.122. The minimum Gasteiger partial charge on any atom is -0.484 e. The second-order valence-electron chi connectivity index (χ2n) is 4.02. The average molecular weight is 273 g/mol. The standard InChI is InChI=1S/C13H15N5O2/c1-16-11(19)7-20-9-4-2-3-8(5-9)10-6-17-13(15)18-12(10)14/h2-6H,7H2,1H3,(H,16,19)(H4,14,15,17,18). The quantitative estimate of drug-likeness (QED) is 0.744. The molecule has 0 aliphatic rings. The molecule has 1 amide bonds. The van der Waals surface area contributed by atoms with Crippen molar-refractivity contribution in [1.29, 1.82) is 0 Å². The van der Waals surface area contributed by atoms with Crippen molar-refractivity contribution in [3.8, 4) is 16.9 Å². The minimum atomic E-state index is -0.203. The number of aromatic nitrogens is 2. The van der Waals surface area contributed by atoms with Gasteiger partial charge < -0.3 is 21.5 Å². The van der Waals surface area contributed by atoms with Crippen molar-refractivity contribution in [3.63, 3.8) is 0 Å². The number of nitrogens with one attached hydrogen (secondary N) is 1. The smallest absolute Gasteiger partial charge is 0.257 e. The maximum absolute atomic E-state index is 11.1. The molecular formula is C13H15N5O2. The van der Waals surface area contributed by atoms with Crippen LogP contribution in [-0.2, 0) is 4.79 Å². The number of amides is 1. The van der Waals surface area contributed by atoms with Gasteiger partial charge in [0.1, 0.15) is 11.6 Å². The van der Waals surface area contributed by atoms with E-state index in [2.05, 4.69) is 15.3 Å². The van der Waals surface area contributed by atoms with Gasteiger partial charge in [-0.15, -0.1) is 0 Å². The Morgan fingerprint density at radius 1 is 1.40 bits per heavy atom. The Balaban J connectivity index is 2.23. The SMILES string of the molecule is CNC(=O)COc1cccc(-c2cnc(N)nc2N)c1. The molecule has 0 aliphatic heterocycles. The van der Waals surface area contributed by atoms with Crippen LogP contribution in [-0.4, -0.2) is 29.5 Å². The molecule has 0 spiro atoms. The number of carbonyl (C=O) groups excluding carboxylic acids is 1. The van der Waals surface area contributed by atoms with Crippen molar-refractivity contribution in [2.24, 2.45) is 0 Å². The predicted molar refractivity (Wildman–Crippen MR) is 75.9 cm³/mol. The van der Waals surface area contributed by atoms with E-state index >= 15 is 0 Å². The molecular weight excluding hydrogens is 258 g/mol. The highest BCUT2D eigenvalue weighted by atomic mass is 16.5. The summed E-state index contributed by atoms with van der Waals surface area (Å²) in [6.45, 7) is -0.0479. The van der Waals surface area contributed by atoms with E-state index in [-0.39, 0.29) is 18.5 Å². The lowest BCUT2D eigenvalue weighted by atomic mass is 10.1. The molecule has 0 saturated heterocycles. The molecule has 0 aliphatic carbocycles. The second-order valence-corrected chi connectivity index (χ2v) is 4.02. The third-order valence-electron chi connectivity index (χ3n) is 2.63. The lowest BCUT2D eigenvalue weighted by Crippen LogP contribution is -2.24. The number of likely N-dealkylation sites (N-methyl/N-ethyl adjacent to an activating group) is 1. The number of nitrogens with zero attached hydrogens (tertiary/aromatic N) is 2. The van der Waals surface area contributed by atoms with Crippen LogP contribution in [0.25, 0.3) is 11.1 Å². The molecule has 1 heterocycles. The molecule has 0 saturated carbocycles. The first kappa shape index (κ1) is 13.6. The van der Waals surface area contributed by atoms with Crippen LogP contribution in [0.3, 0.4) is 0 Å². The van der Waals surface area contributed by atoms with E-state index in [1.54, 1.807) is 31.4 Å². The van der Waals surface area contributed by atoms with E-state index in [1.165, 1.54) is 0 Å². The van der Waals surface area contributed by atoms with Crippen LogP contribution in [0, 0.1) is 0 Å². The largest absolute Gasteiger partial charge is 0.484 e. The van der Waals surface area contributed by atoms with Gasteiger partial charge >= 0.3 is 0 Å². The van der Waals surface area contributed by atoms with E-state index in [9.17, 15) is 4.79 Å². The molecule has 1 aromatic heterocycles. The van der Waals surface area contributed by atoms with Crippen molar-refractivity contribution in [3.05, 3.63) is 30.5 Å². The van der Waals surface area contributed by atoms with Crippen LogP contribution in [0.4, 0.5) is 11.8 Å². The van der Waals surface area contributed by atoms with Crippen LogP contribution in [0.2, 0.25) is 0 Å². The maximum atomic E-state index is 11.1. The molecule has 20 heavy (non-hydrogen) atoms. The highest BCUT2D eigenvalue weighted by Gasteiger charge is 2.07. The van der Waals surface area contributed by atoms with Gasteiger partial charge in [0.05, 0.1) is 0 Å². The van der Waals surface area contributed by atoms with Gasteiger partial charge in [0, 0.05) is 18.8 Å². The summed E-state index contributed by atoms with van der Waals surface area (Å²) in [5.41, 5.74) is 12.7. The van der Waals surface area contributed by atoms with E-state index in [4.69, 9.17) is 16.2 Å². The summed E-state index contributed by atoms with van der Waals surface area (Å²) >= 11 is 0. The van der Waals surface area contributed by atoms with Gasteiger partial charge in [-0.2, -0.15) is 4.98 Å². The molecule has 7 heteroatoms. The Morgan fingerprint density at radius 3 is 2.90 bits per heavy atom. The summed E-state index contributed by atoms with van der Waals surface area (Å²) in [5, 5.41) is 2.48. The fourth-order valence-corrected chi connectivity index (χ4v) is 1.61. The van der Waals surface area contributed by atoms with Crippen molar-refractivity contribution < 1.29 is 9.53 Å². The molecule has 104 valence electrons. The van der Waals surface area contributed by atoms with Crippen LogP contribution >= 0.6 is 0 Å². The van der Waals surface area contributed by atoms with Crippen molar-refractivity contribution in [2.45, 2.75) is 0 Å². The number of anilines is 2. The number of nitrogens with two attached hydrogens (primary N) is 2. The van der Waals surface area contributed by atoms with Crippen LogP contribution < -0.4 is 21.5 Å². The molecule has 1 aromatic carbocycles. The Kier molecular flexibility index (Phi) is 3.99. The fraction of sp³-hybridized carbons (Fsp3) is 0.154. The summed E-state index contributed by atoms with van der Waals surface area (Å²) in [6.07, 6.45) is 1.55. The van der Waals surface area contributed by atoms with E-state index in [1.807, 2.05) is 6.07 Å². The summed E-state index contributed by atoms with van der Waals surface area (Å²) in [4.78, 5) is 19.0. The third kappa shape index (κ3) is 3.14. The van der Waals surface area contributed by atoms with E-state index in [0.29, 0.717) is 17.1 Å². The molecule has 0 bridgehead atoms. The first-order chi connectivity index (χ1) is 9.60. The molecule has 0 atom stereocenters. The van der Waals surface area contributed by atoms with Crippen molar-refractivity contribution in [1.82, 2.24) is 15.3 Å². The van der Waals surface area contributed by atoms with Gasteiger partial charge in [0.25, 0.3) is 5.91 Å². The summed E-state index contributed by atoms with van der Waals surface area (Å²) in [5.74, 6) is 0.771. The number of carbonyl (C=O) groups is 1. The van der Waals surface area contributed by atoms with Gasteiger partial charge in [-0.3, -0.25) is 4.79 Å².